The van der Waals surface area contributed by atoms with Gasteiger partial charge in [-0.3, -0.25) is 0 Å². The Hall–Kier alpha value is -3.27. The maximum absolute atomic E-state index is 12.4. The summed E-state index contributed by atoms with van der Waals surface area (Å²) in [4.78, 5) is 20.6. The van der Waals surface area contributed by atoms with E-state index in [-0.39, 0.29) is 11.4 Å². The third-order valence-corrected chi connectivity index (χ3v) is 5.13. The molecule has 7 nitrogen and oxygen atoms in total. The number of benzene rings is 1. The van der Waals surface area contributed by atoms with Crippen molar-refractivity contribution in [1.82, 2.24) is 15.2 Å². The number of anilines is 1. The van der Waals surface area contributed by atoms with E-state index < -0.39 is 0 Å². The highest BCUT2D eigenvalue weighted by atomic mass is 16.5. The fourth-order valence-electron chi connectivity index (χ4n) is 3.29. The van der Waals surface area contributed by atoms with E-state index in [0.717, 1.165) is 11.6 Å². The Labute approximate surface area is 178 Å². The molecule has 0 saturated carbocycles. The number of carbonyl (C=O) groups is 1. The minimum absolute atomic E-state index is 0.0833. The number of amides is 2. The van der Waals surface area contributed by atoms with Crippen LogP contribution in [0.15, 0.2) is 42.6 Å². The summed E-state index contributed by atoms with van der Waals surface area (Å²) >= 11 is 0. The standard InChI is InChI=1S/C23H29N5O2/c1-23(2,3)19-4-6-20(7-5-19)30-15-10-26-22(29)28-13-11-27(12-14-28)21-16-18(17-24)8-9-25-21/h4-9,16H,10-15H2,1-3H3,(H,26,29). The van der Waals surface area contributed by atoms with E-state index >= 15 is 0 Å². The molecule has 3 rings (SSSR count). The number of hydrogen-bond donors (Lipinski definition) is 1. The van der Waals surface area contributed by atoms with E-state index in [0.29, 0.717) is 44.9 Å². The zero-order chi connectivity index (χ0) is 21.6. The van der Waals surface area contributed by atoms with E-state index in [1.165, 1.54) is 5.56 Å². The van der Waals surface area contributed by atoms with Crippen molar-refractivity contribution in [2.75, 3.05) is 44.2 Å². The van der Waals surface area contributed by atoms with Crippen LogP contribution in [0.25, 0.3) is 0 Å². The van der Waals surface area contributed by atoms with Gasteiger partial charge in [0.2, 0.25) is 0 Å². The van der Waals surface area contributed by atoms with E-state index in [2.05, 4.69) is 54.2 Å². The second-order valence-electron chi connectivity index (χ2n) is 8.34. The van der Waals surface area contributed by atoms with Gasteiger partial charge in [0.1, 0.15) is 18.2 Å². The van der Waals surface area contributed by atoms with Gasteiger partial charge >= 0.3 is 6.03 Å². The SMILES string of the molecule is CC(C)(C)c1ccc(OCCNC(=O)N2CCN(c3cc(C#N)ccn3)CC2)cc1. The van der Waals surface area contributed by atoms with Crippen LogP contribution in [0.4, 0.5) is 10.6 Å². The Morgan fingerprint density at radius 1 is 1.17 bits per heavy atom. The summed E-state index contributed by atoms with van der Waals surface area (Å²) < 4.78 is 5.73. The van der Waals surface area contributed by atoms with Crippen molar-refractivity contribution in [3.05, 3.63) is 53.7 Å². The summed E-state index contributed by atoms with van der Waals surface area (Å²) in [5.74, 6) is 1.58. The van der Waals surface area contributed by atoms with Gasteiger partial charge in [-0.05, 0) is 35.2 Å². The Morgan fingerprint density at radius 2 is 1.87 bits per heavy atom. The average Bonchev–Trinajstić information content (AvgIpc) is 2.76. The van der Waals surface area contributed by atoms with Crippen LogP contribution in [0.1, 0.15) is 31.9 Å². The molecule has 0 unspecified atom stereocenters. The highest BCUT2D eigenvalue weighted by Crippen LogP contribution is 2.24. The molecule has 30 heavy (non-hydrogen) atoms. The fraction of sp³-hybridized carbons (Fsp3) is 0.435. The summed E-state index contributed by atoms with van der Waals surface area (Å²) in [6, 6.07) is 13.6. The molecular formula is C23H29N5O2. The number of rotatable bonds is 5. The first-order valence-electron chi connectivity index (χ1n) is 10.2. The zero-order valence-corrected chi connectivity index (χ0v) is 17.9. The normalized spacial score (nSPS) is 14.2. The summed E-state index contributed by atoms with van der Waals surface area (Å²) in [6.07, 6.45) is 1.64. The Balaban J connectivity index is 1.38. The number of piperazine rings is 1. The van der Waals surface area contributed by atoms with E-state index in [4.69, 9.17) is 10.00 Å². The van der Waals surface area contributed by atoms with E-state index in [1.54, 1.807) is 23.2 Å². The molecule has 1 saturated heterocycles. The summed E-state index contributed by atoms with van der Waals surface area (Å²) in [7, 11) is 0. The number of urea groups is 1. The van der Waals surface area contributed by atoms with Crippen LogP contribution >= 0.6 is 0 Å². The van der Waals surface area contributed by atoms with Crippen molar-refractivity contribution in [3.8, 4) is 11.8 Å². The van der Waals surface area contributed by atoms with Gasteiger partial charge in [0.25, 0.3) is 0 Å². The van der Waals surface area contributed by atoms with Crippen LogP contribution in [0, 0.1) is 11.3 Å². The van der Waals surface area contributed by atoms with Gasteiger partial charge in [0.15, 0.2) is 0 Å². The number of nitrogens with one attached hydrogen (secondary N) is 1. The molecule has 1 fully saturated rings. The molecule has 1 N–H and O–H groups in total. The maximum atomic E-state index is 12.4. The zero-order valence-electron chi connectivity index (χ0n) is 17.9. The van der Waals surface area contributed by atoms with Gasteiger partial charge in [0, 0.05) is 32.4 Å². The minimum atomic E-state index is -0.0833. The molecule has 2 aromatic rings. The Kier molecular flexibility index (Phi) is 6.78. The first kappa shape index (κ1) is 21.4. The summed E-state index contributed by atoms with van der Waals surface area (Å²) in [5, 5.41) is 11.9. The first-order chi connectivity index (χ1) is 14.4. The van der Waals surface area contributed by atoms with Crippen molar-refractivity contribution < 1.29 is 9.53 Å². The highest BCUT2D eigenvalue weighted by molar-refractivity contribution is 5.74. The molecule has 158 valence electrons. The lowest BCUT2D eigenvalue weighted by atomic mass is 9.87. The predicted molar refractivity (Wildman–Crippen MR) is 117 cm³/mol. The number of aromatic nitrogens is 1. The average molecular weight is 408 g/mol. The van der Waals surface area contributed by atoms with Gasteiger partial charge < -0.3 is 19.9 Å². The Morgan fingerprint density at radius 3 is 2.50 bits per heavy atom. The first-order valence-corrected chi connectivity index (χ1v) is 10.2. The van der Waals surface area contributed by atoms with Crippen molar-refractivity contribution in [1.29, 1.82) is 5.26 Å². The second kappa shape index (κ2) is 9.49. The molecule has 0 radical (unpaired) electrons. The molecule has 1 aliphatic heterocycles. The molecule has 0 bridgehead atoms. The van der Waals surface area contributed by atoms with Crippen molar-refractivity contribution in [3.63, 3.8) is 0 Å². The monoisotopic (exact) mass is 407 g/mol. The minimum Gasteiger partial charge on any atom is -0.492 e. The molecular weight excluding hydrogens is 378 g/mol. The molecule has 1 aliphatic rings. The molecule has 7 heteroatoms. The molecule has 1 aromatic heterocycles. The van der Waals surface area contributed by atoms with Crippen LogP contribution < -0.4 is 15.0 Å². The predicted octanol–water partition coefficient (Wildman–Crippen LogP) is 3.16. The number of nitrogens with zero attached hydrogens (tertiary/aromatic N) is 4. The lowest BCUT2D eigenvalue weighted by Gasteiger charge is -2.35. The smallest absolute Gasteiger partial charge is 0.317 e. The van der Waals surface area contributed by atoms with Crippen LogP contribution in [-0.2, 0) is 5.41 Å². The summed E-state index contributed by atoms with van der Waals surface area (Å²) in [6.45, 7) is 10.0. The Bertz CT molecular complexity index is 891. The van der Waals surface area contributed by atoms with Crippen LogP contribution in [0.5, 0.6) is 5.75 Å². The maximum Gasteiger partial charge on any atom is 0.317 e. The third kappa shape index (κ3) is 5.63. The molecule has 0 spiro atoms. The molecule has 2 amide bonds. The van der Waals surface area contributed by atoms with Crippen molar-refractivity contribution >= 4 is 11.8 Å². The van der Waals surface area contributed by atoms with Gasteiger partial charge in [0.05, 0.1) is 18.2 Å². The lowest BCUT2D eigenvalue weighted by Crippen LogP contribution is -2.52. The largest absolute Gasteiger partial charge is 0.492 e. The van der Waals surface area contributed by atoms with Crippen LogP contribution in [0.2, 0.25) is 0 Å². The van der Waals surface area contributed by atoms with E-state index in [1.807, 2.05) is 12.1 Å². The number of ether oxygens (including phenoxy) is 1. The molecule has 0 atom stereocenters. The summed E-state index contributed by atoms with van der Waals surface area (Å²) in [5.41, 5.74) is 1.97. The van der Waals surface area contributed by atoms with Crippen LogP contribution in [0.3, 0.4) is 0 Å². The molecule has 2 heterocycles. The third-order valence-electron chi connectivity index (χ3n) is 5.13. The highest BCUT2D eigenvalue weighted by Gasteiger charge is 2.21. The van der Waals surface area contributed by atoms with Gasteiger partial charge in [-0.1, -0.05) is 32.9 Å². The van der Waals surface area contributed by atoms with Gasteiger partial charge in [-0.2, -0.15) is 5.26 Å². The number of carbonyl (C=O) groups excluding carboxylic acids is 1. The molecule has 0 aliphatic carbocycles. The number of hydrogen-bond acceptors (Lipinski definition) is 5. The topological polar surface area (TPSA) is 81.5 Å². The van der Waals surface area contributed by atoms with Gasteiger partial charge in [-0.15, -0.1) is 0 Å². The van der Waals surface area contributed by atoms with Gasteiger partial charge in [-0.25, -0.2) is 9.78 Å². The second-order valence-corrected chi connectivity index (χ2v) is 8.34. The van der Waals surface area contributed by atoms with Crippen molar-refractivity contribution in [2.45, 2.75) is 26.2 Å². The quantitative estimate of drug-likeness (QED) is 0.770. The van der Waals surface area contributed by atoms with E-state index in [9.17, 15) is 4.79 Å². The number of pyridine rings is 1. The van der Waals surface area contributed by atoms with Crippen molar-refractivity contribution in [2.24, 2.45) is 0 Å². The van der Waals surface area contributed by atoms with Crippen LogP contribution in [-0.4, -0.2) is 55.2 Å². The number of nitriles is 1. The molecule has 1 aromatic carbocycles. The lowest BCUT2D eigenvalue weighted by molar-refractivity contribution is 0.191. The fourth-order valence-corrected chi connectivity index (χ4v) is 3.29.